The molecule has 1 fully saturated rings. The third-order valence-corrected chi connectivity index (χ3v) is 5.59. The van der Waals surface area contributed by atoms with Crippen molar-refractivity contribution in [1.29, 1.82) is 5.41 Å². The quantitative estimate of drug-likeness (QED) is 0.430. The molecule has 12 heteroatoms. The van der Waals surface area contributed by atoms with Crippen LogP contribution in [0.5, 0.6) is 0 Å². The van der Waals surface area contributed by atoms with E-state index in [9.17, 15) is 27.2 Å². The van der Waals surface area contributed by atoms with Gasteiger partial charge in [0.25, 0.3) is 5.91 Å². The van der Waals surface area contributed by atoms with Gasteiger partial charge in [-0.05, 0) is 48.2 Å². The number of piperazine rings is 1. The number of halogens is 4. The molecule has 2 heterocycles. The summed E-state index contributed by atoms with van der Waals surface area (Å²) in [4.78, 5) is 34.5. The number of carbonyl (C=O) groups excluding carboxylic acids is 2. The van der Waals surface area contributed by atoms with E-state index in [0.717, 1.165) is 18.3 Å². The smallest absolute Gasteiger partial charge is 0.420 e. The van der Waals surface area contributed by atoms with E-state index in [1.165, 1.54) is 21.9 Å². The van der Waals surface area contributed by atoms with Crippen LogP contribution in [0.15, 0.2) is 36.5 Å². The highest BCUT2D eigenvalue weighted by atomic mass is 19.4. The second-order valence-electron chi connectivity index (χ2n) is 10.0. The molecule has 37 heavy (non-hydrogen) atoms. The van der Waals surface area contributed by atoms with Crippen molar-refractivity contribution in [3.63, 3.8) is 0 Å². The highest BCUT2D eigenvalue weighted by Crippen LogP contribution is 2.33. The Balaban J connectivity index is 1.73. The van der Waals surface area contributed by atoms with Gasteiger partial charge < -0.3 is 24.9 Å². The molecule has 0 aliphatic carbocycles. The maximum atomic E-state index is 13.8. The lowest BCUT2D eigenvalue weighted by atomic mass is 9.99. The third kappa shape index (κ3) is 7.17. The molecular formula is C25H29F4N5O3. The zero-order chi connectivity index (χ0) is 27.5. The van der Waals surface area contributed by atoms with Gasteiger partial charge in [-0.2, -0.15) is 13.2 Å². The number of ether oxygens (including phenoxy) is 1. The number of imidazole rings is 1. The fraction of sp³-hybridized carbons (Fsp3) is 0.440. The topological polar surface area (TPSA) is 102 Å². The maximum Gasteiger partial charge on any atom is 0.420 e. The number of allylic oxidation sites excluding steroid dienone is 2. The van der Waals surface area contributed by atoms with E-state index >= 15 is 0 Å². The molecule has 0 unspecified atom stereocenters. The maximum absolute atomic E-state index is 13.8. The SMILES string of the molecule is C[C@H]1CN(C(=O)c2cnc(/C(=C\C(=N)c3ccc(F)cc3)C(F)(F)F)[nH]2)CCN1C(=O)OCC(C)(C)C. The van der Waals surface area contributed by atoms with Crippen LogP contribution in [0.4, 0.5) is 22.4 Å². The summed E-state index contributed by atoms with van der Waals surface area (Å²) < 4.78 is 59.8. The molecule has 1 atom stereocenters. The number of carbonyl (C=O) groups is 2. The van der Waals surface area contributed by atoms with Crippen molar-refractivity contribution in [2.24, 2.45) is 5.41 Å². The molecule has 2 N–H and O–H groups in total. The van der Waals surface area contributed by atoms with Gasteiger partial charge in [0.1, 0.15) is 22.9 Å². The standard InChI is InChI=1S/C25H29F4N5O3/c1-15-13-33(9-10-34(15)23(36)37-14-24(2,3)4)22(35)20-12-31-21(32-20)18(25(27,28)29)11-19(30)16-5-7-17(26)8-6-16/h5-8,11-12,15,30H,9-10,13-14H2,1-4H3,(H,31,32)/b18-11+,30-19?/t15-/m0/s1. The summed E-state index contributed by atoms with van der Waals surface area (Å²) >= 11 is 0. The Morgan fingerprint density at radius 2 is 1.84 bits per heavy atom. The minimum atomic E-state index is -4.88. The van der Waals surface area contributed by atoms with Gasteiger partial charge in [0.2, 0.25) is 0 Å². The van der Waals surface area contributed by atoms with Gasteiger partial charge in [-0.3, -0.25) is 4.79 Å². The highest BCUT2D eigenvalue weighted by molar-refractivity contribution is 6.10. The number of hydrogen-bond acceptors (Lipinski definition) is 5. The van der Waals surface area contributed by atoms with Gasteiger partial charge in [0, 0.05) is 25.7 Å². The lowest BCUT2D eigenvalue weighted by Crippen LogP contribution is -2.55. The van der Waals surface area contributed by atoms with Crippen LogP contribution in [0.1, 0.15) is 49.6 Å². The summed E-state index contributed by atoms with van der Waals surface area (Å²) in [6.45, 7) is 8.33. The molecule has 1 aromatic heterocycles. The van der Waals surface area contributed by atoms with Gasteiger partial charge >= 0.3 is 12.3 Å². The number of alkyl halides is 3. The molecule has 1 aliphatic heterocycles. The van der Waals surface area contributed by atoms with Crippen molar-refractivity contribution in [2.75, 3.05) is 26.2 Å². The Morgan fingerprint density at radius 1 is 1.19 bits per heavy atom. The third-order valence-electron chi connectivity index (χ3n) is 5.59. The van der Waals surface area contributed by atoms with Crippen molar-refractivity contribution in [1.82, 2.24) is 19.8 Å². The second-order valence-corrected chi connectivity index (χ2v) is 10.0. The predicted octanol–water partition coefficient (Wildman–Crippen LogP) is 4.89. The fourth-order valence-electron chi connectivity index (χ4n) is 3.65. The fourth-order valence-corrected chi connectivity index (χ4v) is 3.65. The van der Waals surface area contributed by atoms with E-state index in [1.54, 1.807) is 6.92 Å². The summed E-state index contributed by atoms with van der Waals surface area (Å²) in [6.07, 6.45) is -3.78. The number of aromatic nitrogens is 2. The largest absolute Gasteiger partial charge is 0.449 e. The molecule has 200 valence electrons. The van der Waals surface area contributed by atoms with Crippen molar-refractivity contribution in [2.45, 2.75) is 39.9 Å². The van der Waals surface area contributed by atoms with E-state index in [2.05, 4.69) is 9.97 Å². The molecule has 2 amide bonds. The van der Waals surface area contributed by atoms with E-state index in [-0.39, 0.29) is 49.0 Å². The molecule has 1 aromatic carbocycles. The van der Waals surface area contributed by atoms with Crippen LogP contribution >= 0.6 is 0 Å². The first-order valence-corrected chi connectivity index (χ1v) is 11.6. The zero-order valence-corrected chi connectivity index (χ0v) is 20.9. The molecular weight excluding hydrogens is 494 g/mol. The van der Waals surface area contributed by atoms with Gasteiger partial charge in [-0.25, -0.2) is 14.2 Å². The Morgan fingerprint density at radius 3 is 2.41 bits per heavy atom. The second kappa shape index (κ2) is 10.7. The predicted molar refractivity (Wildman–Crippen MR) is 129 cm³/mol. The monoisotopic (exact) mass is 523 g/mol. The van der Waals surface area contributed by atoms with Crippen LogP contribution in [-0.2, 0) is 4.74 Å². The number of H-pyrrole nitrogens is 1. The van der Waals surface area contributed by atoms with E-state index < -0.39 is 41.1 Å². The minimum Gasteiger partial charge on any atom is -0.449 e. The van der Waals surface area contributed by atoms with Crippen LogP contribution in [0.2, 0.25) is 0 Å². The summed E-state index contributed by atoms with van der Waals surface area (Å²) in [6, 6.07) is 4.10. The molecule has 3 rings (SSSR count). The minimum absolute atomic E-state index is 0.0823. The van der Waals surface area contributed by atoms with E-state index in [1.807, 2.05) is 20.8 Å². The Kier molecular flexibility index (Phi) is 8.09. The van der Waals surface area contributed by atoms with Crippen molar-refractivity contribution < 1.29 is 31.9 Å². The molecule has 0 radical (unpaired) electrons. The molecule has 2 aromatic rings. The first kappa shape index (κ1) is 27.9. The number of nitrogens with one attached hydrogen (secondary N) is 2. The van der Waals surface area contributed by atoms with Crippen molar-refractivity contribution >= 4 is 23.3 Å². The van der Waals surface area contributed by atoms with Crippen LogP contribution in [0.3, 0.4) is 0 Å². The molecule has 1 saturated heterocycles. The Hall–Kier alpha value is -3.70. The molecule has 0 spiro atoms. The number of nitrogens with zero attached hydrogens (tertiary/aromatic N) is 3. The van der Waals surface area contributed by atoms with Crippen LogP contribution in [0, 0.1) is 16.6 Å². The first-order valence-electron chi connectivity index (χ1n) is 11.6. The average Bonchev–Trinajstić information content (AvgIpc) is 3.29. The first-order chi connectivity index (χ1) is 17.2. The molecule has 0 bridgehead atoms. The summed E-state index contributed by atoms with van der Waals surface area (Å²) in [5, 5.41) is 7.99. The summed E-state index contributed by atoms with van der Waals surface area (Å²) in [7, 11) is 0. The summed E-state index contributed by atoms with van der Waals surface area (Å²) in [5.74, 6) is -1.77. The normalized spacial score (nSPS) is 17.1. The van der Waals surface area contributed by atoms with Crippen LogP contribution < -0.4 is 0 Å². The van der Waals surface area contributed by atoms with Gasteiger partial charge in [0.15, 0.2) is 0 Å². The molecule has 8 nitrogen and oxygen atoms in total. The van der Waals surface area contributed by atoms with Gasteiger partial charge in [0.05, 0.1) is 18.5 Å². The lowest BCUT2D eigenvalue weighted by molar-refractivity contribution is -0.0693. The number of benzene rings is 1. The van der Waals surface area contributed by atoms with Crippen LogP contribution in [-0.4, -0.2) is 75.9 Å². The van der Waals surface area contributed by atoms with Crippen molar-refractivity contribution in [3.05, 3.63) is 59.4 Å². The number of hydrogen-bond donors (Lipinski definition) is 2. The summed E-state index contributed by atoms with van der Waals surface area (Å²) in [5.41, 5.74) is -2.02. The average molecular weight is 524 g/mol. The van der Waals surface area contributed by atoms with E-state index in [0.29, 0.717) is 6.08 Å². The van der Waals surface area contributed by atoms with Gasteiger partial charge in [-0.1, -0.05) is 20.8 Å². The zero-order valence-electron chi connectivity index (χ0n) is 20.9. The van der Waals surface area contributed by atoms with Crippen molar-refractivity contribution in [3.8, 4) is 0 Å². The molecule has 0 saturated carbocycles. The highest BCUT2D eigenvalue weighted by Gasteiger charge is 2.38. The number of amides is 2. The Labute approximate surface area is 211 Å². The lowest BCUT2D eigenvalue weighted by Gasteiger charge is -2.39. The van der Waals surface area contributed by atoms with Gasteiger partial charge in [-0.15, -0.1) is 0 Å². The molecule has 1 aliphatic rings. The van der Waals surface area contributed by atoms with Crippen LogP contribution in [0.25, 0.3) is 5.57 Å². The number of rotatable bonds is 5. The van der Waals surface area contributed by atoms with E-state index in [4.69, 9.17) is 10.1 Å². The number of aromatic amines is 1. The Bertz CT molecular complexity index is 1180.